The van der Waals surface area contributed by atoms with Gasteiger partial charge in [-0.2, -0.15) is 0 Å². The van der Waals surface area contributed by atoms with Gasteiger partial charge in [-0.25, -0.2) is 8.78 Å². The van der Waals surface area contributed by atoms with Crippen molar-refractivity contribution < 1.29 is 8.78 Å². The van der Waals surface area contributed by atoms with Crippen LogP contribution in [0.25, 0.3) is 0 Å². The lowest BCUT2D eigenvalue weighted by Gasteiger charge is -2.42. The second-order valence-electron chi connectivity index (χ2n) is 6.95. The first kappa shape index (κ1) is 15.8. The summed E-state index contributed by atoms with van der Waals surface area (Å²) < 4.78 is 26.3. The zero-order chi connectivity index (χ0) is 14.9. The summed E-state index contributed by atoms with van der Waals surface area (Å²) in [5.41, 5.74) is 0.841. The van der Waals surface area contributed by atoms with E-state index in [0.29, 0.717) is 11.8 Å². The lowest BCUT2D eigenvalue weighted by atomic mass is 9.66. The molecule has 0 spiro atoms. The maximum absolute atomic E-state index is 13.3. The van der Waals surface area contributed by atoms with Crippen LogP contribution in [0.1, 0.15) is 45.6 Å². The van der Waals surface area contributed by atoms with Crippen LogP contribution in [0.2, 0.25) is 0 Å². The van der Waals surface area contributed by atoms with Crippen LogP contribution in [0.4, 0.5) is 8.78 Å². The molecule has 3 unspecified atom stereocenters. The SMILES string of the molecule is CC1CCC(C(C)(C)Cc2ccc(F)c(F)c2)C(Cl)C1. The molecule has 0 amide bonds. The zero-order valence-corrected chi connectivity index (χ0v) is 13.2. The Bertz CT molecular complexity index is 470. The van der Waals surface area contributed by atoms with Crippen LogP contribution >= 0.6 is 11.6 Å². The van der Waals surface area contributed by atoms with Gasteiger partial charge in [0.1, 0.15) is 0 Å². The van der Waals surface area contributed by atoms with Crippen molar-refractivity contribution in [2.24, 2.45) is 17.3 Å². The molecule has 0 heterocycles. The molecule has 0 bridgehead atoms. The number of halogens is 3. The van der Waals surface area contributed by atoms with Gasteiger partial charge in [0.15, 0.2) is 11.6 Å². The summed E-state index contributed by atoms with van der Waals surface area (Å²) in [6.07, 6.45) is 4.10. The quantitative estimate of drug-likeness (QED) is 0.639. The zero-order valence-electron chi connectivity index (χ0n) is 12.4. The van der Waals surface area contributed by atoms with Crippen LogP contribution in [-0.2, 0) is 6.42 Å². The monoisotopic (exact) mass is 300 g/mol. The van der Waals surface area contributed by atoms with Gasteiger partial charge in [-0.05, 0) is 54.2 Å². The van der Waals surface area contributed by atoms with Crippen molar-refractivity contribution in [1.29, 1.82) is 0 Å². The van der Waals surface area contributed by atoms with Crippen LogP contribution in [0, 0.1) is 28.9 Å². The lowest BCUT2D eigenvalue weighted by Crippen LogP contribution is -2.37. The molecule has 1 aliphatic carbocycles. The van der Waals surface area contributed by atoms with Crippen LogP contribution in [0.5, 0.6) is 0 Å². The van der Waals surface area contributed by atoms with Gasteiger partial charge >= 0.3 is 0 Å². The molecule has 1 aliphatic rings. The maximum Gasteiger partial charge on any atom is 0.159 e. The van der Waals surface area contributed by atoms with E-state index in [1.807, 2.05) is 0 Å². The van der Waals surface area contributed by atoms with E-state index in [1.165, 1.54) is 18.6 Å². The van der Waals surface area contributed by atoms with Gasteiger partial charge < -0.3 is 0 Å². The molecule has 1 aromatic rings. The lowest BCUT2D eigenvalue weighted by molar-refractivity contribution is 0.141. The molecule has 1 fully saturated rings. The summed E-state index contributed by atoms with van der Waals surface area (Å²) in [6, 6.07) is 4.20. The third-order valence-electron chi connectivity index (χ3n) is 4.68. The highest BCUT2D eigenvalue weighted by Crippen LogP contribution is 2.44. The van der Waals surface area contributed by atoms with E-state index in [4.69, 9.17) is 11.6 Å². The minimum atomic E-state index is -0.784. The van der Waals surface area contributed by atoms with Crippen molar-refractivity contribution in [3.63, 3.8) is 0 Å². The normalized spacial score (nSPS) is 27.6. The summed E-state index contributed by atoms with van der Waals surface area (Å²) >= 11 is 6.55. The van der Waals surface area contributed by atoms with Gasteiger partial charge in [0.2, 0.25) is 0 Å². The van der Waals surface area contributed by atoms with Crippen molar-refractivity contribution in [2.75, 3.05) is 0 Å². The van der Waals surface area contributed by atoms with Gasteiger partial charge in [-0.3, -0.25) is 0 Å². The van der Waals surface area contributed by atoms with E-state index < -0.39 is 11.6 Å². The minimum Gasteiger partial charge on any atom is -0.204 e. The van der Waals surface area contributed by atoms with Crippen molar-refractivity contribution in [3.8, 4) is 0 Å². The Morgan fingerprint density at radius 3 is 2.50 bits per heavy atom. The van der Waals surface area contributed by atoms with Gasteiger partial charge in [-0.15, -0.1) is 11.6 Å². The predicted molar refractivity (Wildman–Crippen MR) is 80.0 cm³/mol. The number of hydrogen-bond donors (Lipinski definition) is 0. The molecule has 112 valence electrons. The molecule has 1 saturated carbocycles. The topological polar surface area (TPSA) is 0 Å². The molecule has 0 nitrogen and oxygen atoms in total. The highest BCUT2D eigenvalue weighted by Gasteiger charge is 2.38. The van der Waals surface area contributed by atoms with Gasteiger partial charge in [0.05, 0.1) is 0 Å². The summed E-state index contributed by atoms with van der Waals surface area (Å²) in [5.74, 6) is -0.437. The number of rotatable bonds is 3. The molecule has 2 rings (SSSR count). The fraction of sp³-hybridized carbons (Fsp3) is 0.647. The van der Waals surface area contributed by atoms with Crippen LogP contribution in [0.15, 0.2) is 18.2 Å². The average Bonchev–Trinajstić information content (AvgIpc) is 2.33. The third-order valence-corrected chi connectivity index (χ3v) is 5.16. The standard InChI is InChI=1S/C17H23ClF2/c1-11-4-6-13(14(18)8-11)17(2,3)10-12-5-7-15(19)16(20)9-12/h5,7,9,11,13-14H,4,6,8,10H2,1-3H3. The molecule has 0 aliphatic heterocycles. The summed E-state index contributed by atoms with van der Waals surface area (Å²) in [4.78, 5) is 0. The van der Waals surface area contributed by atoms with Gasteiger partial charge in [0.25, 0.3) is 0 Å². The van der Waals surface area contributed by atoms with Gasteiger partial charge in [-0.1, -0.05) is 33.3 Å². The Morgan fingerprint density at radius 1 is 1.20 bits per heavy atom. The van der Waals surface area contributed by atoms with E-state index in [9.17, 15) is 8.78 Å². The molecule has 0 aromatic heterocycles. The Hall–Kier alpha value is -0.630. The van der Waals surface area contributed by atoms with Crippen LogP contribution < -0.4 is 0 Å². The summed E-state index contributed by atoms with van der Waals surface area (Å²) in [5, 5.41) is 0.180. The van der Waals surface area contributed by atoms with Crippen molar-refractivity contribution in [1.82, 2.24) is 0 Å². The Kier molecular flexibility index (Phi) is 4.73. The summed E-state index contributed by atoms with van der Waals surface area (Å²) in [7, 11) is 0. The number of alkyl halides is 1. The Balaban J connectivity index is 2.11. The van der Waals surface area contributed by atoms with E-state index in [-0.39, 0.29) is 10.8 Å². The summed E-state index contributed by atoms with van der Waals surface area (Å²) in [6.45, 7) is 6.61. The van der Waals surface area contributed by atoms with Crippen molar-refractivity contribution >= 4 is 11.6 Å². The van der Waals surface area contributed by atoms with E-state index in [2.05, 4.69) is 20.8 Å². The van der Waals surface area contributed by atoms with E-state index >= 15 is 0 Å². The minimum absolute atomic E-state index is 0.00315. The molecule has 3 heteroatoms. The fourth-order valence-corrected chi connectivity index (χ4v) is 4.27. The first-order chi connectivity index (χ1) is 9.29. The number of hydrogen-bond acceptors (Lipinski definition) is 0. The maximum atomic E-state index is 13.3. The largest absolute Gasteiger partial charge is 0.204 e. The van der Waals surface area contributed by atoms with Crippen molar-refractivity contribution in [2.45, 2.75) is 51.8 Å². The third kappa shape index (κ3) is 3.52. The Morgan fingerprint density at radius 2 is 1.90 bits per heavy atom. The average molecular weight is 301 g/mol. The molecule has 0 N–H and O–H groups in total. The number of benzene rings is 1. The molecule has 3 atom stereocenters. The predicted octanol–water partition coefficient (Wildman–Crippen LogP) is 5.58. The molecule has 1 aromatic carbocycles. The Labute approximate surface area is 125 Å². The molecule has 20 heavy (non-hydrogen) atoms. The first-order valence-corrected chi connectivity index (χ1v) is 7.81. The second-order valence-corrected chi connectivity index (χ2v) is 7.52. The second kappa shape index (κ2) is 6.01. The molecular formula is C17H23ClF2. The van der Waals surface area contributed by atoms with Crippen LogP contribution in [0.3, 0.4) is 0 Å². The van der Waals surface area contributed by atoms with Gasteiger partial charge in [0, 0.05) is 5.38 Å². The first-order valence-electron chi connectivity index (χ1n) is 7.37. The molecule has 0 saturated heterocycles. The highest BCUT2D eigenvalue weighted by atomic mass is 35.5. The smallest absolute Gasteiger partial charge is 0.159 e. The van der Waals surface area contributed by atoms with Crippen LogP contribution in [-0.4, -0.2) is 5.38 Å². The van der Waals surface area contributed by atoms with E-state index in [1.54, 1.807) is 6.07 Å². The fourth-order valence-electron chi connectivity index (χ4n) is 3.50. The van der Waals surface area contributed by atoms with E-state index in [0.717, 1.165) is 24.8 Å². The molecule has 0 radical (unpaired) electrons. The molecular weight excluding hydrogens is 278 g/mol. The highest BCUT2D eigenvalue weighted by molar-refractivity contribution is 6.20. The van der Waals surface area contributed by atoms with Crippen molar-refractivity contribution in [3.05, 3.63) is 35.4 Å².